The van der Waals surface area contributed by atoms with Gasteiger partial charge in [-0.2, -0.15) is 5.10 Å². The standard InChI is InChI=1S/C20H22N4O2/c1-15-6-8-19(9-7-15)26-13-12-21-20(25)23-17-4-3-5-18(14-17)24-16(2)10-11-22-24/h3-11,14H,12-13H2,1-2H3,(H2,21,23,25). The highest BCUT2D eigenvalue weighted by atomic mass is 16.5. The summed E-state index contributed by atoms with van der Waals surface area (Å²) in [7, 11) is 0. The number of hydrogen-bond acceptors (Lipinski definition) is 3. The second-order valence-corrected chi connectivity index (χ2v) is 5.98. The summed E-state index contributed by atoms with van der Waals surface area (Å²) in [6.07, 6.45) is 1.75. The van der Waals surface area contributed by atoms with Gasteiger partial charge in [-0.05, 0) is 50.2 Å². The van der Waals surface area contributed by atoms with E-state index in [1.54, 1.807) is 6.20 Å². The van der Waals surface area contributed by atoms with Crippen molar-refractivity contribution in [1.82, 2.24) is 15.1 Å². The van der Waals surface area contributed by atoms with E-state index in [9.17, 15) is 4.79 Å². The topological polar surface area (TPSA) is 68.2 Å². The average Bonchev–Trinajstić information content (AvgIpc) is 3.06. The Labute approximate surface area is 152 Å². The molecule has 2 amide bonds. The van der Waals surface area contributed by atoms with Crippen LogP contribution in [0.2, 0.25) is 0 Å². The highest BCUT2D eigenvalue weighted by molar-refractivity contribution is 5.89. The molecule has 0 saturated heterocycles. The first-order valence-corrected chi connectivity index (χ1v) is 8.47. The Kier molecular flexibility index (Phi) is 5.53. The van der Waals surface area contributed by atoms with Gasteiger partial charge >= 0.3 is 6.03 Å². The molecule has 134 valence electrons. The molecule has 6 nitrogen and oxygen atoms in total. The summed E-state index contributed by atoms with van der Waals surface area (Å²) >= 11 is 0. The number of rotatable bonds is 6. The van der Waals surface area contributed by atoms with Crippen LogP contribution in [0.5, 0.6) is 5.75 Å². The summed E-state index contributed by atoms with van der Waals surface area (Å²) in [5, 5.41) is 9.88. The number of anilines is 1. The second kappa shape index (κ2) is 8.20. The number of nitrogens with zero attached hydrogens (tertiary/aromatic N) is 2. The molecule has 0 bridgehead atoms. The van der Waals surface area contributed by atoms with E-state index < -0.39 is 0 Å². The number of ether oxygens (including phenoxy) is 1. The number of nitrogens with one attached hydrogen (secondary N) is 2. The quantitative estimate of drug-likeness (QED) is 0.666. The number of hydrogen-bond donors (Lipinski definition) is 2. The van der Waals surface area contributed by atoms with Crippen LogP contribution < -0.4 is 15.4 Å². The zero-order chi connectivity index (χ0) is 18.4. The van der Waals surface area contributed by atoms with E-state index >= 15 is 0 Å². The third-order valence-corrected chi connectivity index (χ3v) is 3.86. The maximum Gasteiger partial charge on any atom is 0.319 e. The molecule has 0 aliphatic heterocycles. The molecule has 2 N–H and O–H groups in total. The van der Waals surface area contributed by atoms with Crippen molar-refractivity contribution in [2.24, 2.45) is 0 Å². The lowest BCUT2D eigenvalue weighted by Gasteiger charge is -2.11. The van der Waals surface area contributed by atoms with Gasteiger partial charge in [0.15, 0.2) is 0 Å². The molecule has 0 aliphatic carbocycles. The lowest BCUT2D eigenvalue weighted by molar-refractivity contribution is 0.247. The lowest BCUT2D eigenvalue weighted by Crippen LogP contribution is -2.32. The van der Waals surface area contributed by atoms with Gasteiger partial charge in [0.1, 0.15) is 12.4 Å². The molecular formula is C20H22N4O2. The zero-order valence-corrected chi connectivity index (χ0v) is 14.9. The number of aromatic nitrogens is 2. The van der Waals surface area contributed by atoms with E-state index in [0.29, 0.717) is 18.8 Å². The van der Waals surface area contributed by atoms with Crippen molar-refractivity contribution in [2.45, 2.75) is 13.8 Å². The van der Waals surface area contributed by atoms with Crippen LogP contribution >= 0.6 is 0 Å². The van der Waals surface area contributed by atoms with Crippen LogP contribution in [0, 0.1) is 13.8 Å². The molecule has 0 aliphatic rings. The number of benzene rings is 2. The summed E-state index contributed by atoms with van der Waals surface area (Å²) in [6, 6.07) is 17.0. The van der Waals surface area contributed by atoms with Crippen LogP contribution in [0.1, 0.15) is 11.3 Å². The van der Waals surface area contributed by atoms with Crippen LogP contribution in [-0.2, 0) is 0 Å². The van der Waals surface area contributed by atoms with Gasteiger partial charge in [-0.1, -0.05) is 23.8 Å². The van der Waals surface area contributed by atoms with Crippen molar-refractivity contribution in [3.05, 3.63) is 72.1 Å². The fourth-order valence-corrected chi connectivity index (χ4v) is 2.50. The molecule has 6 heteroatoms. The number of aryl methyl sites for hydroxylation is 2. The first-order valence-electron chi connectivity index (χ1n) is 8.47. The highest BCUT2D eigenvalue weighted by Gasteiger charge is 2.05. The van der Waals surface area contributed by atoms with Gasteiger partial charge in [0.05, 0.1) is 12.2 Å². The van der Waals surface area contributed by atoms with E-state index in [1.807, 2.05) is 73.1 Å². The third-order valence-electron chi connectivity index (χ3n) is 3.86. The monoisotopic (exact) mass is 350 g/mol. The molecule has 3 rings (SSSR count). The summed E-state index contributed by atoms with van der Waals surface area (Å²) in [4.78, 5) is 12.0. The molecule has 1 heterocycles. The Bertz CT molecular complexity index is 872. The first kappa shape index (κ1) is 17.5. The van der Waals surface area contributed by atoms with Crippen LogP contribution in [0.4, 0.5) is 10.5 Å². The minimum absolute atomic E-state index is 0.271. The number of carbonyl (C=O) groups is 1. The van der Waals surface area contributed by atoms with Crippen molar-refractivity contribution in [1.29, 1.82) is 0 Å². The minimum atomic E-state index is -0.271. The number of urea groups is 1. The van der Waals surface area contributed by atoms with E-state index in [4.69, 9.17) is 4.74 Å². The zero-order valence-electron chi connectivity index (χ0n) is 14.9. The number of amides is 2. The Morgan fingerprint density at radius 2 is 1.92 bits per heavy atom. The molecule has 0 spiro atoms. The van der Waals surface area contributed by atoms with Gasteiger partial charge in [-0.3, -0.25) is 0 Å². The van der Waals surface area contributed by atoms with E-state index in [2.05, 4.69) is 15.7 Å². The van der Waals surface area contributed by atoms with Gasteiger partial charge in [-0.15, -0.1) is 0 Å². The SMILES string of the molecule is Cc1ccc(OCCNC(=O)Nc2cccc(-n3nccc3C)c2)cc1. The predicted molar refractivity (Wildman–Crippen MR) is 102 cm³/mol. The fourth-order valence-electron chi connectivity index (χ4n) is 2.50. The summed E-state index contributed by atoms with van der Waals surface area (Å²) in [5.74, 6) is 0.792. The summed E-state index contributed by atoms with van der Waals surface area (Å²) < 4.78 is 7.41. The Hall–Kier alpha value is -3.28. The summed E-state index contributed by atoms with van der Waals surface area (Å²) in [6.45, 7) is 4.83. The van der Waals surface area contributed by atoms with Gasteiger partial charge in [0.25, 0.3) is 0 Å². The maximum atomic E-state index is 12.0. The Balaban J connectivity index is 1.47. The largest absolute Gasteiger partial charge is 0.492 e. The predicted octanol–water partition coefficient (Wildman–Crippen LogP) is 3.69. The van der Waals surface area contributed by atoms with Crippen molar-refractivity contribution in [3.8, 4) is 11.4 Å². The normalized spacial score (nSPS) is 10.4. The van der Waals surface area contributed by atoms with Crippen molar-refractivity contribution >= 4 is 11.7 Å². The van der Waals surface area contributed by atoms with Crippen molar-refractivity contribution in [3.63, 3.8) is 0 Å². The molecule has 0 saturated carbocycles. The third kappa shape index (κ3) is 4.63. The van der Waals surface area contributed by atoms with Crippen molar-refractivity contribution < 1.29 is 9.53 Å². The minimum Gasteiger partial charge on any atom is -0.492 e. The van der Waals surface area contributed by atoms with Crippen molar-refractivity contribution in [2.75, 3.05) is 18.5 Å². The molecular weight excluding hydrogens is 328 g/mol. The van der Waals surface area contributed by atoms with Gasteiger partial charge < -0.3 is 15.4 Å². The van der Waals surface area contributed by atoms with Gasteiger partial charge in [0, 0.05) is 17.6 Å². The molecule has 0 atom stereocenters. The molecule has 0 radical (unpaired) electrons. The van der Waals surface area contributed by atoms with E-state index in [1.165, 1.54) is 5.56 Å². The van der Waals surface area contributed by atoms with Crippen LogP contribution in [0.15, 0.2) is 60.8 Å². The van der Waals surface area contributed by atoms with E-state index in [-0.39, 0.29) is 6.03 Å². The van der Waals surface area contributed by atoms with Crippen LogP contribution in [0.25, 0.3) is 5.69 Å². The van der Waals surface area contributed by atoms with Gasteiger partial charge in [0.2, 0.25) is 0 Å². The second-order valence-electron chi connectivity index (χ2n) is 5.98. The van der Waals surface area contributed by atoms with E-state index in [0.717, 1.165) is 17.1 Å². The molecule has 3 aromatic rings. The molecule has 26 heavy (non-hydrogen) atoms. The molecule has 2 aromatic carbocycles. The smallest absolute Gasteiger partial charge is 0.319 e. The molecule has 1 aromatic heterocycles. The number of carbonyl (C=O) groups excluding carboxylic acids is 1. The van der Waals surface area contributed by atoms with Crippen LogP contribution in [0.3, 0.4) is 0 Å². The average molecular weight is 350 g/mol. The Morgan fingerprint density at radius 1 is 1.12 bits per heavy atom. The molecule has 0 fully saturated rings. The maximum absolute atomic E-state index is 12.0. The summed E-state index contributed by atoms with van der Waals surface area (Å²) in [5.41, 5.74) is 3.81. The first-order chi connectivity index (χ1) is 12.6. The lowest BCUT2D eigenvalue weighted by atomic mass is 10.2. The highest BCUT2D eigenvalue weighted by Crippen LogP contribution is 2.15. The Morgan fingerprint density at radius 3 is 2.65 bits per heavy atom. The fraction of sp³-hybridized carbons (Fsp3) is 0.200. The van der Waals surface area contributed by atoms with Gasteiger partial charge in [-0.25, -0.2) is 9.48 Å². The molecule has 0 unspecified atom stereocenters. The van der Waals surface area contributed by atoms with Crippen LogP contribution in [-0.4, -0.2) is 29.0 Å².